The highest BCUT2D eigenvalue weighted by Gasteiger charge is 2.43. The number of fused-ring (bicyclic) bond motifs is 2. The van der Waals surface area contributed by atoms with Gasteiger partial charge in [-0.15, -0.1) is 0 Å². The second kappa shape index (κ2) is 4.39. The third kappa shape index (κ3) is 2.09. The Hall–Kier alpha value is -0.930. The summed E-state index contributed by atoms with van der Waals surface area (Å²) < 4.78 is 19.2. The van der Waals surface area contributed by atoms with Crippen LogP contribution in [0.4, 0.5) is 4.39 Å². The SMILES string of the molecule is OC(Cc1ccccc1F)C1CC2CCC1O2. The summed E-state index contributed by atoms with van der Waals surface area (Å²) in [4.78, 5) is 0. The molecule has 2 bridgehead atoms. The van der Waals surface area contributed by atoms with Crippen molar-refractivity contribution in [3.63, 3.8) is 0 Å². The molecule has 17 heavy (non-hydrogen) atoms. The molecule has 1 aromatic rings. The van der Waals surface area contributed by atoms with Gasteiger partial charge in [0.25, 0.3) is 0 Å². The fourth-order valence-electron chi connectivity index (χ4n) is 3.12. The van der Waals surface area contributed by atoms with Gasteiger partial charge in [-0.25, -0.2) is 4.39 Å². The normalized spacial score (nSPS) is 32.9. The molecule has 0 radical (unpaired) electrons. The molecule has 0 saturated carbocycles. The maximum absolute atomic E-state index is 13.5. The van der Waals surface area contributed by atoms with E-state index in [1.54, 1.807) is 12.1 Å². The quantitative estimate of drug-likeness (QED) is 0.872. The first kappa shape index (κ1) is 11.2. The maximum Gasteiger partial charge on any atom is 0.126 e. The van der Waals surface area contributed by atoms with E-state index in [-0.39, 0.29) is 17.8 Å². The van der Waals surface area contributed by atoms with Crippen molar-refractivity contribution >= 4 is 0 Å². The van der Waals surface area contributed by atoms with Crippen molar-refractivity contribution in [2.45, 2.75) is 44.0 Å². The van der Waals surface area contributed by atoms with Gasteiger partial charge in [0.05, 0.1) is 18.3 Å². The summed E-state index contributed by atoms with van der Waals surface area (Å²) in [6, 6.07) is 6.67. The zero-order valence-electron chi connectivity index (χ0n) is 9.68. The van der Waals surface area contributed by atoms with Gasteiger partial charge in [-0.05, 0) is 30.9 Å². The predicted octanol–water partition coefficient (Wildman–Crippen LogP) is 2.30. The summed E-state index contributed by atoms with van der Waals surface area (Å²) >= 11 is 0. The molecule has 0 spiro atoms. The zero-order chi connectivity index (χ0) is 11.8. The van der Waals surface area contributed by atoms with Crippen molar-refractivity contribution < 1.29 is 14.2 Å². The van der Waals surface area contributed by atoms with Crippen LogP contribution in [0.15, 0.2) is 24.3 Å². The van der Waals surface area contributed by atoms with E-state index in [1.165, 1.54) is 6.07 Å². The second-order valence-corrected chi connectivity index (χ2v) is 5.14. The molecule has 2 fully saturated rings. The van der Waals surface area contributed by atoms with Crippen LogP contribution in [-0.2, 0) is 11.2 Å². The van der Waals surface area contributed by atoms with Crippen LogP contribution < -0.4 is 0 Å². The van der Waals surface area contributed by atoms with Crippen LogP contribution in [0.3, 0.4) is 0 Å². The summed E-state index contributed by atoms with van der Waals surface area (Å²) in [5.41, 5.74) is 0.600. The number of halogens is 1. The van der Waals surface area contributed by atoms with E-state index in [9.17, 15) is 9.50 Å². The molecule has 1 aromatic carbocycles. The van der Waals surface area contributed by atoms with Gasteiger partial charge in [-0.2, -0.15) is 0 Å². The van der Waals surface area contributed by atoms with Gasteiger partial charge in [-0.1, -0.05) is 18.2 Å². The van der Waals surface area contributed by atoms with Gasteiger partial charge in [0.1, 0.15) is 5.82 Å². The van der Waals surface area contributed by atoms with Crippen molar-refractivity contribution in [2.24, 2.45) is 5.92 Å². The van der Waals surface area contributed by atoms with E-state index in [1.807, 2.05) is 6.07 Å². The predicted molar refractivity (Wildman–Crippen MR) is 62.1 cm³/mol. The largest absolute Gasteiger partial charge is 0.392 e. The van der Waals surface area contributed by atoms with Crippen LogP contribution in [0.1, 0.15) is 24.8 Å². The average molecular weight is 236 g/mol. The molecule has 92 valence electrons. The molecule has 0 amide bonds. The second-order valence-electron chi connectivity index (χ2n) is 5.14. The number of aliphatic hydroxyl groups is 1. The molecule has 0 aromatic heterocycles. The lowest BCUT2D eigenvalue weighted by Crippen LogP contribution is -2.31. The zero-order valence-corrected chi connectivity index (χ0v) is 9.68. The first-order chi connectivity index (χ1) is 8.24. The fraction of sp³-hybridized carbons (Fsp3) is 0.571. The molecule has 2 aliphatic rings. The number of rotatable bonds is 3. The molecule has 2 nitrogen and oxygen atoms in total. The van der Waals surface area contributed by atoms with Crippen LogP contribution in [0, 0.1) is 11.7 Å². The lowest BCUT2D eigenvalue weighted by molar-refractivity contribution is 0.0428. The smallest absolute Gasteiger partial charge is 0.126 e. The van der Waals surface area contributed by atoms with Gasteiger partial charge in [0.15, 0.2) is 0 Å². The molecule has 2 saturated heterocycles. The fourth-order valence-corrected chi connectivity index (χ4v) is 3.12. The number of hydrogen-bond donors (Lipinski definition) is 1. The number of benzene rings is 1. The molecular formula is C14H17FO2. The maximum atomic E-state index is 13.5. The summed E-state index contributed by atoms with van der Waals surface area (Å²) in [7, 11) is 0. The highest BCUT2D eigenvalue weighted by atomic mass is 19.1. The molecule has 1 N–H and O–H groups in total. The van der Waals surface area contributed by atoms with E-state index in [2.05, 4.69) is 0 Å². The summed E-state index contributed by atoms with van der Waals surface area (Å²) in [5, 5.41) is 10.2. The first-order valence-electron chi connectivity index (χ1n) is 6.31. The van der Waals surface area contributed by atoms with Crippen molar-refractivity contribution in [1.82, 2.24) is 0 Å². The Labute approximate surface area is 100 Å². The van der Waals surface area contributed by atoms with E-state index >= 15 is 0 Å². The Morgan fingerprint density at radius 3 is 2.82 bits per heavy atom. The number of hydrogen-bond acceptors (Lipinski definition) is 2. The van der Waals surface area contributed by atoms with Crippen molar-refractivity contribution in [2.75, 3.05) is 0 Å². The molecule has 4 unspecified atom stereocenters. The molecule has 2 heterocycles. The number of aliphatic hydroxyl groups excluding tert-OH is 1. The molecule has 2 aliphatic heterocycles. The highest BCUT2D eigenvalue weighted by Crippen LogP contribution is 2.41. The summed E-state index contributed by atoms with van der Waals surface area (Å²) in [5.74, 6) is -0.0380. The minimum Gasteiger partial charge on any atom is -0.392 e. The monoisotopic (exact) mass is 236 g/mol. The minimum absolute atomic E-state index is 0.188. The minimum atomic E-state index is -0.484. The van der Waals surface area contributed by atoms with Gasteiger partial charge in [0.2, 0.25) is 0 Å². The molecule has 4 atom stereocenters. The highest BCUT2D eigenvalue weighted by molar-refractivity contribution is 5.18. The Balaban J connectivity index is 1.68. The van der Waals surface area contributed by atoms with Crippen LogP contribution >= 0.6 is 0 Å². The van der Waals surface area contributed by atoms with E-state index in [0.717, 1.165) is 19.3 Å². The topological polar surface area (TPSA) is 29.5 Å². The Kier molecular flexibility index (Phi) is 2.89. The number of ether oxygens (including phenoxy) is 1. The third-order valence-electron chi connectivity index (χ3n) is 4.03. The van der Waals surface area contributed by atoms with Crippen LogP contribution in [-0.4, -0.2) is 23.4 Å². The van der Waals surface area contributed by atoms with Gasteiger partial charge < -0.3 is 9.84 Å². The standard InChI is InChI=1S/C14H17FO2/c15-12-4-2-1-3-9(12)7-13(16)11-8-10-5-6-14(11)17-10/h1-4,10-11,13-14,16H,5-8H2. The van der Waals surface area contributed by atoms with Crippen LogP contribution in [0.2, 0.25) is 0 Å². The average Bonchev–Trinajstić information content (AvgIpc) is 2.94. The van der Waals surface area contributed by atoms with E-state index in [4.69, 9.17) is 4.74 Å². The Morgan fingerprint density at radius 2 is 2.18 bits per heavy atom. The Morgan fingerprint density at radius 1 is 1.35 bits per heavy atom. The van der Waals surface area contributed by atoms with Crippen LogP contribution in [0.25, 0.3) is 0 Å². The lowest BCUT2D eigenvalue weighted by Gasteiger charge is -2.24. The lowest BCUT2D eigenvalue weighted by atomic mass is 9.83. The first-order valence-corrected chi connectivity index (χ1v) is 6.31. The van der Waals surface area contributed by atoms with Crippen LogP contribution in [0.5, 0.6) is 0 Å². The van der Waals surface area contributed by atoms with E-state index < -0.39 is 6.10 Å². The molecular weight excluding hydrogens is 219 g/mol. The summed E-state index contributed by atoms with van der Waals surface area (Å²) in [6.45, 7) is 0. The Bertz CT molecular complexity index is 407. The third-order valence-corrected chi connectivity index (χ3v) is 4.03. The van der Waals surface area contributed by atoms with Gasteiger partial charge in [0, 0.05) is 12.3 Å². The van der Waals surface area contributed by atoms with Gasteiger partial charge >= 0.3 is 0 Å². The van der Waals surface area contributed by atoms with E-state index in [0.29, 0.717) is 18.1 Å². The van der Waals surface area contributed by atoms with Crippen molar-refractivity contribution in [3.8, 4) is 0 Å². The van der Waals surface area contributed by atoms with Crippen molar-refractivity contribution in [3.05, 3.63) is 35.6 Å². The van der Waals surface area contributed by atoms with Gasteiger partial charge in [-0.3, -0.25) is 0 Å². The summed E-state index contributed by atoms with van der Waals surface area (Å²) in [6.07, 6.45) is 3.53. The molecule has 0 aliphatic carbocycles. The molecule has 3 rings (SSSR count). The van der Waals surface area contributed by atoms with Crippen molar-refractivity contribution in [1.29, 1.82) is 0 Å². The molecule has 3 heteroatoms.